The van der Waals surface area contributed by atoms with Crippen LogP contribution in [0, 0.1) is 11.8 Å². The Morgan fingerprint density at radius 3 is 2.40 bits per heavy atom. The molecule has 0 radical (unpaired) electrons. The highest BCUT2D eigenvalue weighted by Crippen LogP contribution is 2.31. The molecule has 2 aliphatic rings. The summed E-state index contributed by atoms with van der Waals surface area (Å²) in [6.45, 7) is 4.77. The van der Waals surface area contributed by atoms with Gasteiger partial charge < -0.3 is 19.7 Å². The largest absolute Gasteiger partial charge is 0.495 e. The number of nitrogens with one attached hydrogen (secondary N) is 1. The number of hydrogen-bond donors (Lipinski definition) is 1. The Morgan fingerprint density at radius 1 is 0.971 bits per heavy atom. The number of aromatic nitrogens is 1. The number of nitrogens with zero attached hydrogens (tertiary/aromatic N) is 3. The second kappa shape index (κ2) is 12.0. The van der Waals surface area contributed by atoms with Gasteiger partial charge in [-0.05, 0) is 55.9 Å². The molecular formula is C27H36N4O4. The van der Waals surface area contributed by atoms with Crippen LogP contribution in [-0.2, 0) is 20.7 Å². The normalized spacial score (nSPS) is 20.8. The maximum Gasteiger partial charge on any atom is 0.308 e. The smallest absolute Gasteiger partial charge is 0.308 e. The molecule has 0 unspecified atom stereocenters. The first-order valence-electron chi connectivity index (χ1n) is 12.5. The van der Waals surface area contributed by atoms with Gasteiger partial charge >= 0.3 is 5.97 Å². The highest BCUT2D eigenvalue weighted by atomic mass is 16.5. The number of esters is 1. The Bertz CT molecular complexity index is 998. The summed E-state index contributed by atoms with van der Waals surface area (Å²) in [5.41, 5.74) is 2.20. The Hall–Kier alpha value is -3.13. The van der Waals surface area contributed by atoms with Crippen LogP contribution in [0.25, 0.3) is 0 Å². The van der Waals surface area contributed by atoms with Crippen LogP contribution in [0.15, 0.2) is 42.6 Å². The monoisotopic (exact) mass is 480 g/mol. The molecule has 35 heavy (non-hydrogen) atoms. The number of benzene rings is 1. The molecule has 0 spiro atoms. The van der Waals surface area contributed by atoms with Gasteiger partial charge in [0, 0.05) is 44.8 Å². The van der Waals surface area contributed by atoms with Gasteiger partial charge in [0.25, 0.3) is 0 Å². The predicted molar refractivity (Wildman–Crippen MR) is 136 cm³/mol. The van der Waals surface area contributed by atoms with Crippen molar-refractivity contribution in [2.75, 3.05) is 57.2 Å². The van der Waals surface area contributed by atoms with Gasteiger partial charge in [0.05, 0.1) is 25.8 Å². The molecule has 1 aliphatic heterocycles. The van der Waals surface area contributed by atoms with E-state index in [0.29, 0.717) is 31.5 Å². The molecule has 0 atom stereocenters. The number of piperazine rings is 1. The van der Waals surface area contributed by atoms with Gasteiger partial charge in [-0.15, -0.1) is 0 Å². The van der Waals surface area contributed by atoms with Crippen molar-refractivity contribution in [2.24, 2.45) is 11.8 Å². The van der Waals surface area contributed by atoms with Crippen molar-refractivity contribution >= 4 is 23.4 Å². The first-order valence-corrected chi connectivity index (χ1v) is 12.5. The van der Waals surface area contributed by atoms with Crippen molar-refractivity contribution in [3.63, 3.8) is 0 Å². The lowest BCUT2D eigenvalue weighted by Crippen LogP contribution is -2.47. The molecule has 1 saturated carbocycles. The maximum absolute atomic E-state index is 12.9. The molecule has 1 aromatic heterocycles. The number of anilines is 2. The van der Waals surface area contributed by atoms with Crippen molar-refractivity contribution < 1.29 is 19.1 Å². The van der Waals surface area contributed by atoms with Crippen LogP contribution in [0.2, 0.25) is 0 Å². The molecule has 1 saturated heterocycles. The molecule has 4 rings (SSSR count). The van der Waals surface area contributed by atoms with Crippen LogP contribution >= 0.6 is 0 Å². The van der Waals surface area contributed by atoms with Crippen molar-refractivity contribution in [1.82, 2.24) is 9.88 Å². The summed E-state index contributed by atoms with van der Waals surface area (Å²) in [5.74, 6) is 1.22. The van der Waals surface area contributed by atoms with Gasteiger partial charge in [0.1, 0.15) is 11.6 Å². The first kappa shape index (κ1) is 25.0. The quantitative estimate of drug-likeness (QED) is 0.580. The zero-order valence-electron chi connectivity index (χ0n) is 20.7. The van der Waals surface area contributed by atoms with Crippen molar-refractivity contribution in [2.45, 2.75) is 32.1 Å². The summed E-state index contributed by atoms with van der Waals surface area (Å²) in [7, 11) is 3.14. The van der Waals surface area contributed by atoms with E-state index in [-0.39, 0.29) is 23.7 Å². The van der Waals surface area contributed by atoms with Crippen LogP contribution in [0.1, 0.15) is 31.2 Å². The number of carbonyl (C=O) groups is 2. The summed E-state index contributed by atoms with van der Waals surface area (Å²) in [6, 6.07) is 12.1. The van der Waals surface area contributed by atoms with Gasteiger partial charge in [0.15, 0.2) is 0 Å². The van der Waals surface area contributed by atoms with E-state index in [2.05, 4.69) is 26.2 Å². The van der Waals surface area contributed by atoms with Gasteiger partial charge in [-0.2, -0.15) is 0 Å². The zero-order chi connectivity index (χ0) is 24.6. The number of methoxy groups -OCH3 is 2. The number of hydrogen-bond acceptors (Lipinski definition) is 7. The van der Waals surface area contributed by atoms with Crippen LogP contribution in [0.5, 0.6) is 5.75 Å². The third-order valence-electron chi connectivity index (χ3n) is 7.26. The maximum atomic E-state index is 12.9. The topological polar surface area (TPSA) is 84.0 Å². The molecule has 2 aromatic rings. The van der Waals surface area contributed by atoms with Crippen molar-refractivity contribution in [1.29, 1.82) is 0 Å². The lowest BCUT2D eigenvalue weighted by Gasteiger charge is -2.36. The lowest BCUT2D eigenvalue weighted by molar-refractivity contribution is -0.147. The Labute approximate surface area is 207 Å². The summed E-state index contributed by atoms with van der Waals surface area (Å²) < 4.78 is 10.4. The van der Waals surface area contributed by atoms with Crippen molar-refractivity contribution in [3.05, 3.63) is 48.2 Å². The molecule has 8 nitrogen and oxygen atoms in total. The number of rotatable bonds is 8. The van der Waals surface area contributed by atoms with E-state index in [1.165, 1.54) is 7.11 Å². The molecule has 2 heterocycles. The van der Waals surface area contributed by atoms with E-state index in [0.717, 1.165) is 56.1 Å². The van der Waals surface area contributed by atoms with Crippen LogP contribution in [0.3, 0.4) is 0 Å². The average molecular weight is 481 g/mol. The van der Waals surface area contributed by atoms with Gasteiger partial charge in [-0.1, -0.05) is 18.2 Å². The third-order valence-corrected chi connectivity index (χ3v) is 7.26. The number of pyridine rings is 1. The minimum atomic E-state index is -0.167. The fraction of sp³-hybridized carbons (Fsp3) is 0.519. The van der Waals surface area contributed by atoms with E-state index >= 15 is 0 Å². The predicted octanol–water partition coefficient (Wildman–Crippen LogP) is 3.37. The molecule has 188 valence electrons. The number of amides is 1. The standard InChI is InChI=1S/C27H36N4O4/c1-34-24-8-4-3-7-23(24)31-18-16-30(17-19-31)15-13-20-6-5-14-28-25(20)29-26(32)21-9-11-22(12-10-21)27(33)35-2/h3-8,14,21-22H,9-13,15-19H2,1-2H3,(H,28,29,32). The Kier molecular flexibility index (Phi) is 8.58. The second-order valence-corrected chi connectivity index (χ2v) is 9.32. The average Bonchev–Trinajstić information content (AvgIpc) is 2.92. The van der Waals surface area contributed by atoms with Gasteiger partial charge in [0.2, 0.25) is 5.91 Å². The minimum Gasteiger partial charge on any atom is -0.495 e. The summed E-state index contributed by atoms with van der Waals surface area (Å²) in [6.07, 6.45) is 5.34. The van der Waals surface area contributed by atoms with Gasteiger partial charge in [-0.3, -0.25) is 14.5 Å². The van der Waals surface area contributed by atoms with Crippen molar-refractivity contribution in [3.8, 4) is 5.75 Å². The molecule has 1 aliphatic carbocycles. The highest BCUT2D eigenvalue weighted by Gasteiger charge is 2.31. The Morgan fingerprint density at radius 2 is 1.69 bits per heavy atom. The van der Waals surface area contributed by atoms with E-state index in [9.17, 15) is 9.59 Å². The molecule has 8 heteroatoms. The van der Waals surface area contributed by atoms with E-state index < -0.39 is 0 Å². The molecule has 1 amide bonds. The van der Waals surface area contributed by atoms with Gasteiger partial charge in [-0.25, -0.2) is 4.98 Å². The van der Waals surface area contributed by atoms with Crippen LogP contribution in [-0.4, -0.2) is 68.7 Å². The summed E-state index contributed by atoms with van der Waals surface area (Å²) in [5, 5.41) is 3.06. The highest BCUT2D eigenvalue weighted by molar-refractivity contribution is 5.92. The SMILES string of the molecule is COC(=O)C1CCC(C(=O)Nc2ncccc2CCN2CCN(c3ccccc3OC)CC2)CC1. The number of carbonyl (C=O) groups excluding carboxylic acids is 2. The number of ether oxygens (including phenoxy) is 2. The molecular weight excluding hydrogens is 444 g/mol. The first-order chi connectivity index (χ1) is 17.1. The van der Waals surface area contributed by atoms with E-state index in [4.69, 9.17) is 9.47 Å². The fourth-order valence-electron chi connectivity index (χ4n) is 5.11. The minimum absolute atomic E-state index is 0.00121. The third kappa shape index (κ3) is 6.31. The zero-order valence-corrected chi connectivity index (χ0v) is 20.7. The van der Waals surface area contributed by atoms with Crippen LogP contribution < -0.4 is 15.0 Å². The second-order valence-electron chi connectivity index (χ2n) is 9.32. The Balaban J connectivity index is 1.27. The fourth-order valence-corrected chi connectivity index (χ4v) is 5.11. The molecule has 2 fully saturated rings. The lowest BCUT2D eigenvalue weighted by atomic mass is 9.81. The summed E-state index contributed by atoms with van der Waals surface area (Å²) in [4.78, 5) is 33.9. The van der Waals surface area contributed by atoms with E-state index in [1.807, 2.05) is 30.3 Å². The summed E-state index contributed by atoms with van der Waals surface area (Å²) >= 11 is 0. The molecule has 1 aromatic carbocycles. The van der Waals surface area contributed by atoms with E-state index in [1.54, 1.807) is 13.3 Å². The molecule has 1 N–H and O–H groups in total. The van der Waals surface area contributed by atoms with Crippen LogP contribution in [0.4, 0.5) is 11.5 Å². The molecule has 0 bridgehead atoms. The number of para-hydroxylation sites is 2.